The summed E-state index contributed by atoms with van der Waals surface area (Å²) >= 11 is 0. The van der Waals surface area contributed by atoms with Crippen molar-refractivity contribution in [2.24, 2.45) is 22.9 Å². The molecule has 11 heavy (non-hydrogen) atoms. The second-order valence-corrected chi connectivity index (χ2v) is 3.64. The first-order valence-electron chi connectivity index (χ1n) is 4.24. The molecule has 0 amide bonds. The number of oxime groups is 1. The molecule has 1 unspecified atom stereocenters. The van der Waals surface area contributed by atoms with E-state index in [0.717, 1.165) is 11.8 Å². The molecule has 2 nitrogen and oxygen atoms in total. The Morgan fingerprint density at radius 3 is 2.36 bits per heavy atom. The van der Waals surface area contributed by atoms with Gasteiger partial charge in [0, 0.05) is 6.21 Å². The molecule has 60 valence electrons. The van der Waals surface area contributed by atoms with Crippen molar-refractivity contribution in [2.75, 3.05) is 0 Å². The quantitative estimate of drug-likeness (QED) is 0.264. The zero-order chi connectivity index (χ0) is 7.68. The van der Waals surface area contributed by atoms with Gasteiger partial charge in [0.05, 0.1) is 0 Å². The first-order chi connectivity index (χ1) is 5.38. The first-order valence-corrected chi connectivity index (χ1v) is 4.24. The van der Waals surface area contributed by atoms with Crippen LogP contribution in [-0.4, -0.2) is 11.4 Å². The van der Waals surface area contributed by atoms with Crippen molar-refractivity contribution in [1.82, 2.24) is 0 Å². The Balaban J connectivity index is 2.00. The predicted molar refractivity (Wildman–Crippen MR) is 43.7 cm³/mol. The van der Waals surface area contributed by atoms with Gasteiger partial charge in [0.25, 0.3) is 0 Å². The molecule has 1 N–H and O–H groups in total. The molecular weight excluding hydrogens is 138 g/mol. The van der Waals surface area contributed by atoms with Gasteiger partial charge in [0.15, 0.2) is 0 Å². The Bertz CT molecular complexity index is 184. The summed E-state index contributed by atoms with van der Waals surface area (Å²) in [4.78, 5) is 0. The number of allylic oxidation sites excluding steroid dienone is 2. The summed E-state index contributed by atoms with van der Waals surface area (Å²) < 4.78 is 0. The molecule has 1 saturated carbocycles. The largest absolute Gasteiger partial charge is 0.411 e. The van der Waals surface area contributed by atoms with Crippen LogP contribution in [0.25, 0.3) is 0 Å². The molecule has 2 aliphatic carbocycles. The van der Waals surface area contributed by atoms with Crippen LogP contribution in [0.4, 0.5) is 0 Å². The van der Waals surface area contributed by atoms with Crippen LogP contribution in [0.1, 0.15) is 19.3 Å². The third-order valence-corrected chi connectivity index (χ3v) is 2.75. The minimum atomic E-state index is 0.513. The van der Waals surface area contributed by atoms with E-state index >= 15 is 0 Å². The number of hydrogen-bond donors (Lipinski definition) is 1. The van der Waals surface area contributed by atoms with Crippen molar-refractivity contribution in [3.05, 3.63) is 12.2 Å². The van der Waals surface area contributed by atoms with Crippen molar-refractivity contribution in [3.63, 3.8) is 0 Å². The summed E-state index contributed by atoms with van der Waals surface area (Å²) in [6, 6.07) is 0. The zero-order valence-corrected chi connectivity index (χ0v) is 6.48. The highest BCUT2D eigenvalue weighted by Gasteiger charge is 2.29. The van der Waals surface area contributed by atoms with E-state index in [-0.39, 0.29) is 0 Å². The summed E-state index contributed by atoms with van der Waals surface area (Å²) in [6.45, 7) is 0. The predicted octanol–water partition coefficient (Wildman–Crippen LogP) is 2.05. The molecule has 1 fully saturated rings. The molecule has 2 heteroatoms. The van der Waals surface area contributed by atoms with E-state index in [9.17, 15) is 0 Å². The number of hydrogen-bond acceptors (Lipinski definition) is 2. The standard InChI is InChI=1S/C9H13NO/c11-10-6-9-4-7-1-2-8(3-7)5-9/h1-2,6-9,11H,3-5H2/b10-6+/t7-,8+,9?. The lowest BCUT2D eigenvalue weighted by atomic mass is 9.81. The maximum absolute atomic E-state index is 8.36. The monoisotopic (exact) mass is 151 g/mol. The second kappa shape index (κ2) is 2.68. The van der Waals surface area contributed by atoms with E-state index in [1.807, 2.05) is 0 Å². The summed E-state index contributed by atoms with van der Waals surface area (Å²) in [5.41, 5.74) is 0. The van der Waals surface area contributed by atoms with Gasteiger partial charge in [-0.25, -0.2) is 0 Å². The van der Waals surface area contributed by atoms with Crippen molar-refractivity contribution in [3.8, 4) is 0 Å². The average molecular weight is 151 g/mol. The topological polar surface area (TPSA) is 32.6 Å². The smallest absolute Gasteiger partial charge is 0.0467 e. The maximum atomic E-state index is 8.36. The van der Waals surface area contributed by atoms with E-state index in [1.54, 1.807) is 6.21 Å². The Morgan fingerprint density at radius 2 is 1.82 bits per heavy atom. The van der Waals surface area contributed by atoms with Gasteiger partial charge in [-0.2, -0.15) is 0 Å². The van der Waals surface area contributed by atoms with Gasteiger partial charge >= 0.3 is 0 Å². The van der Waals surface area contributed by atoms with Gasteiger partial charge < -0.3 is 5.21 Å². The molecule has 2 aliphatic rings. The molecule has 2 bridgehead atoms. The van der Waals surface area contributed by atoms with E-state index in [1.165, 1.54) is 19.3 Å². The van der Waals surface area contributed by atoms with Crippen LogP contribution >= 0.6 is 0 Å². The SMILES string of the molecule is O/N=C/C1C[C@H]2C=C[C@@H](C1)C2. The van der Waals surface area contributed by atoms with Crippen LogP contribution in [-0.2, 0) is 0 Å². The summed E-state index contributed by atoms with van der Waals surface area (Å²) in [5, 5.41) is 11.5. The Morgan fingerprint density at radius 1 is 1.18 bits per heavy atom. The highest BCUT2D eigenvalue weighted by Crippen LogP contribution is 2.38. The minimum absolute atomic E-state index is 0.513. The van der Waals surface area contributed by atoms with Crippen molar-refractivity contribution in [1.29, 1.82) is 0 Å². The van der Waals surface area contributed by atoms with Crippen molar-refractivity contribution >= 4 is 6.21 Å². The molecule has 3 atom stereocenters. The highest BCUT2D eigenvalue weighted by atomic mass is 16.4. The average Bonchev–Trinajstić information content (AvgIpc) is 2.32. The van der Waals surface area contributed by atoms with Crippen LogP contribution in [0.2, 0.25) is 0 Å². The lowest BCUT2D eigenvalue weighted by Crippen LogP contribution is -2.17. The highest BCUT2D eigenvalue weighted by molar-refractivity contribution is 5.60. The number of nitrogens with zero attached hydrogens (tertiary/aromatic N) is 1. The zero-order valence-electron chi connectivity index (χ0n) is 6.48. The Labute approximate surface area is 66.6 Å². The lowest BCUT2D eigenvalue weighted by Gasteiger charge is -2.24. The minimum Gasteiger partial charge on any atom is -0.411 e. The third kappa shape index (κ3) is 1.30. The first kappa shape index (κ1) is 6.89. The van der Waals surface area contributed by atoms with Crippen molar-refractivity contribution in [2.45, 2.75) is 19.3 Å². The molecule has 0 radical (unpaired) electrons. The maximum Gasteiger partial charge on any atom is 0.0467 e. The number of fused-ring (bicyclic) bond motifs is 2. The molecule has 0 aromatic carbocycles. The van der Waals surface area contributed by atoms with Gasteiger partial charge in [-0.3, -0.25) is 0 Å². The molecule has 0 saturated heterocycles. The van der Waals surface area contributed by atoms with Crippen LogP contribution in [0.15, 0.2) is 17.3 Å². The summed E-state index contributed by atoms with van der Waals surface area (Å²) in [6.07, 6.45) is 10.0. The molecule has 0 aromatic heterocycles. The fourth-order valence-corrected chi connectivity index (χ4v) is 2.30. The second-order valence-electron chi connectivity index (χ2n) is 3.64. The molecule has 0 aliphatic heterocycles. The van der Waals surface area contributed by atoms with E-state index in [4.69, 9.17) is 5.21 Å². The molecule has 0 spiro atoms. The fraction of sp³-hybridized carbons (Fsp3) is 0.667. The normalized spacial score (nSPS) is 42.0. The third-order valence-electron chi connectivity index (χ3n) is 2.75. The number of rotatable bonds is 1. The van der Waals surface area contributed by atoms with Gasteiger partial charge in [-0.15, -0.1) is 5.16 Å². The Hall–Kier alpha value is -0.790. The fourth-order valence-electron chi connectivity index (χ4n) is 2.30. The van der Waals surface area contributed by atoms with Crippen LogP contribution in [0.5, 0.6) is 0 Å². The Kier molecular flexibility index (Phi) is 1.68. The molecule has 2 rings (SSSR count). The van der Waals surface area contributed by atoms with Crippen LogP contribution in [0.3, 0.4) is 0 Å². The van der Waals surface area contributed by atoms with Crippen LogP contribution < -0.4 is 0 Å². The van der Waals surface area contributed by atoms with E-state index < -0.39 is 0 Å². The lowest BCUT2D eigenvalue weighted by molar-refractivity contribution is 0.302. The van der Waals surface area contributed by atoms with E-state index in [2.05, 4.69) is 17.3 Å². The van der Waals surface area contributed by atoms with Crippen molar-refractivity contribution < 1.29 is 5.21 Å². The van der Waals surface area contributed by atoms with Gasteiger partial charge in [-0.1, -0.05) is 12.2 Å². The molecule has 0 heterocycles. The molecular formula is C9H13NO. The van der Waals surface area contributed by atoms with Gasteiger partial charge in [0.2, 0.25) is 0 Å². The van der Waals surface area contributed by atoms with E-state index in [0.29, 0.717) is 5.92 Å². The van der Waals surface area contributed by atoms with Crippen LogP contribution in [0, 0.1) is 17.8 Å². The van der Waals surface area contributed by atoms with Gasteiger partial charge in [0.1, 0.15) is 0 Å². The summed E-state index contributed by atoms with van der Waals surface area (Å²) in [5.74, 6) is 2.03. The summed E-state index contributed by atoms with van der Waals surface area (Å²) in [7, 11) is 0. The van der Waals surface area contributed by atoms with Gasteiger partial charge in [-0.05, 0) is 37.0 Å². The molecule has 0 aromatic rings.